The number of halogens is 1. The standard InChI is InChI=1S/C22H17ClN2O3/c23-20-11-5-7-17(13-20)16-6-4-10-19(12-16)22(18-8-2-1-3-9-18)14-27-21(24-22)25-28-15-26/h1-13,15H,14H2,(H,24,25). The SMILES string of the molecule is O=CONC1=NC(c2ccccc2)(c2cccc(-c3cccc(Cl)c3)c2)CO1. The Hall–Kier alpha value is -3.31. The first-order chi connectivity index (χ1) is 13.7. The Morgan fingerprint density at radius 1 is 0.964 bits per heavy atom. The third kappa shape index (κ3) is 3.44. The zero-order valence-electron chi connectivity index (χ0n) is 14.8. The van der Waals surface area contributed by atoms with E-state index in [0.717, 1.165) is 22.3 Å². The minimum absolute atomic E-state index is 0.157. The summed E-state index contributed by atoms with van der Waals surface area (Å²) in [6, 6.07) is 25.8. The molecule has 28 heavy (non-hydrogen) atoms. The molecular formula is C22H17ClN2O3. The number of hydrogen-bond donors (Lipinski definition) is 1. The summed E-state index contributed by atoms with van der Waals surface area (Å²) in [5.74, 6) is 0. The van der Waals surface area contributed by atoms with Crippen molar-refractivity contribution in [3.63, 3.8) is 0 Å². The monoisotopic (exact) mass is 392 g/mol. The van der Waals surface area contributed by atoms with Gasteiger partial charge in [0.25, 0.3) is 0 Å². The number of nitrogens with zero attached hydrogens (tertiary/aromatic N) is 1. The van der Waals surface area contributed by atoms with Crippen LogP contribution in [0.5, 0.6) is 0 Å². The maximum atomic E-state index is 10.5. The van der Waals surface area contributed by atoms with Crippen LogP contribution in [0.25, 0.3) is 11.1 Å². The number of nitrogens with one attached hydrogen (secondary N) is 1. The molecule has 1 heterocycles. The van der Waals surface area contributed by atoms with Crippen molar-refractivity contribution in [3.05, 3.63) is 95.0 Å². The van der Waals surface area contributed by atoms with Crippen LogP contribution < -0.4 is 5.48 Å². The largest absolute Gasteiger partial charge is 0.460 e. The first-order valence-corrected chi connectivity index (χ1v) is 9.09. The fourth-order valence-electron chi connectivity index (χ4n) is 3.34. The van der Waals surface area contributed by atoms with Gasteiger partial charge in [-0.2, -0.15) is 5.48 Å². The maximum Gasteiger partial charge on any atom is 0.320 e. The topological polar surface area (TPSA) is 59.9 Å². The van der Waals surface area contributed by atoms with Crippen molar-refractivity contribution in [2.45, 2.75) is 5.54 Å². The number of amidine groups is 1. The van der Waals surface area contributed by atoms with E-state index in [-0.39, 0.29) is 19.1 Å². The Morgan fingerprint density at radius 3 is 2.43 bits per heavy atom. The number of hydroxylamine groups is 1. The Kier molecular flexibility index (Phi) is 5.00. The van der Waals surface area contributed by atoms with Gasteiger partial charge in [-0.25, -0.2) is 4.99 Å². The Morgan fingerprint density at radius 2 is 1.68 bits per heavy atom. The minimum atomic E-state index is -0.760. The van der Waals surface area contributed by atoms with Gasteiger partial charge in [0.05, 0.1) is 0 Å². The molecule has 1 aliphatic heterocycles. The molecule has 0 fully saturated rings. The van der Waals surface area contributed by atoms with Crippen LogP contribution in [0.1, 0.15) is 11.1 Å². The molecule has 1 unspecified atom stereocenters. The van der Waals surface area contributed by atoms with Gasteiger partial charge in [-0.15, -0.1) is 0 Å². The molecule has 0 spiro atoms. The van der Waals surface area contributed by atoms with Crippen molar-refractivity contribution >= 4 is 24.1 Å². The lowest BCUT2D eigenvalue weighted by atomic mass is 9.83. The maximum absolute atomic E-state index is 10.5. The molecular weight excluding hydrogens is 376 g/mol. The average Bonchev–Trinajstić information content (AvgIpc) is 3.18. The van der Waals surface area contributed by atoms with Crippen LogP contribution in [0, 0.1) is 0 Å². The number of carbonyl (C=O) groups excluding carboxylic acids is 1. The highest BCUT2D eigenvalue weighted by atomic mass is 35.5. The number of ether oxygens (including phenoxy) is 1. The molecule has 0 bridgehead atoms. The highest BCUT2D eigenvalue weighted by molar-refractivity contribution is 6.30. The van der Waals surface area contributed by atoms with Crippen molar-refractivity contribution in [2.24, 2.45) is 4.99 Å². The summed E-state index contributed by atoms with van der Waals surface area (Å²) in [6.07, 6.45) is 0. The normalized spacial score (nSPS) is 18.1. The van der Waals surface area contributed by atoms with E-state index in [2.05, 4.69) is 16.4 Å². The van der Waals surface area contributed by atoms with E-state index in [1.165, 1.54) is 0 Å². The van der Waals surface area contributed by atoms with Gasteiger partial charge in [-0.1, -0.05) is 72.3 Å². The van der Waals surface area contributed by atoms with E-state index >= 15 is 0 Å². The van der Waals surface area contributed by atoms with Gasteiger partial charge in [0.1, 0.15) is 6.61 Å². The van der Waals surface area contributed by atoms with Crippen LogP contribution >= 0.6 is 11.6 Å². The van der Waals surface area contributed by atoms with Gasteiger partial charge in [0.2, 0.25) is 0 Å². The van der Waals surface area contributed by atoms with E-state index in [1.54, 1.807) is 0 Å². The molecule has 0 saturated carbocycles. The van der Waals surface area contributed by atoms with Crippen molar-refractivity contribution in [1.29, 1.82) is 0 Å². The molecule has 1 N–H and O–H groups in total. The van der Waals surface area contributed by atoms with Crippen molar-refractivity contribution in [2.75, 3.05) is 6.61 Å². The highest BCUT2D eigenvalue weighted by Crippen LogP contribution is 2.39. The van der Waals surface area contributed by atoms with E-state index in [0.29, 0.717) is 5.02 Å². The summed E-state index contributed by atoms with van der Waals surface area (Å²) in [5, 5.41) is 0.681. The molecule has 0 aliphatic carbocycles. The molecule has 6 heteroatoms. The fraction of sp³-hybridized carbons (Fsp3) is 0.0909. The Labute approximate surface area is 167 Å². The molecule has 3 aromatic carbocycles. The predicted molar refractivity (Wildman–Crippen MR) is 108 cm³/mol. The molecule has 0 saturated heterocycles. The molecule has 4 rings (SSSR count). The summed E-state index contributed by atoms with van der Waals surface area (Å²) in [4.78, 5) is 19.8. The molecule has 0 radical (unpaired) electrons. The van der Waals surface area contributed by atoms with Crippen molar-refractivity contribution < 1.29 is 14.4 Å². The van der Waals surface area contributed by atoms with Gasteiger partial charge in [-0.3, -0.25) is 4.79 Å². The second-order valence-corrected chi connectivity index (χ2v) is 6.78. The smallest absolute Gasteiger partial charge is 0.320 e. The Bertz CT molecular complexity index is 1020. The predicted octanol–water partition coefficient (Wildman–Crippen LogP) is 4.31. The zero-order chi connectivity index (χ0) is 19.4. The molecule has 140 valence electrons. The van der Waals surface area contributed by atoms with Crippen molar-refractivity contribution in [1.82, 2.24) is 5.48 Å². The second-order valence-electron chi connectivity index (χ2n) is 6.34. The third-order valence-corrected chi connectivity index (χ3v) is 4.89. The summed E-state index contributed by atoms with van der Waals surface area (Å²) in [5.41, 5.74) is 5.63. The van der Waals surface area contributed by atoms with Gasteiger partial charge in [0.15, 0.2) is 5.54 Å². The lowest BCUT2D eigenvalue weighted by Gasteiger charge is -2.25. The first kappa shape index (κ1) is 18.1. The van der Waals surface area contributed by atoms with E-state index in [1.807, 2.05) is 72.8 Å². The molecule has 5 nitrogen and oxygen atoms in total. The van der Waals surface area contributed by atoms with Crippen LogP contribution in [0.4, 0.5) is 0 Å². The molecule has 0 aromatic heterocycles. The van der Waals surface area contributed by atoms with Crippen LogP contribution in [0.2, 0.25) is 5.02 Å². The van der Waals surface area contributed by atoms with Gasteiger partial charge >= 0.3 is 12.5 Å². The summed E-state index contributed by atoms with van der Waals surface area (Å²) < 4.78 is 5.68. The second kappa shape index (κ2) is 7.74. The number of rotatable bonds is 5. The van der Waals surface area contributed by atoms with Gasteiger partial charge < -0.3 is 9.57 Å². The summed E-state index contributed by atoms with van der Waals surface area (Å²) >= 11 is 6.16. The van der Waals surface area contributed by atoms with E-state index in [4.69, 9.17) is 21.3 Å². The number of carbonyl (C=O) groups is 1. The van der Waals surface area contributed by atoms with Crippen LogP contribution in [-0.4, -0.2) is 19.1 Å². The molecule has 3 aromatic rings. The van der Waals surface area contributed by atoms with E-state index < -0.39 is 5.54 Å². The number of benzene rings is 3. The lowest BCUT2D eigenvalue weighted by Crippen LogP contribution is -2.27. The average molecular weight is 393 g/mol. The van der Waals surface area contributed by atoms with E-state index in [9.17, 15) is 4.79 Å². The number of hydrogen-bond acceptors (Lipinski definition) is 5. The quantitative estimate of drug-likeness (QED) is 0.519. The number of aliphatic imine (C=N–C) groups is 1. The molecule has 1 aliphatic rings. The third-order valence-electron chi connectivity index (χ3n) is 4.65. The minimum Gasteiger partial charge on any atom is -0.460 e. The first-order valence-electron chi connectivity index (χ1n) is 8.71. The lowest BCUT2D eigenvalue weighted by molar-refractivity contribution is -0.132. The van der Waals surface area contributed by atoms with Gasteiger partial charge in [-0.05, 0) is 40.5 Å². The molecule has 1 atom stereocenters. The molecule has 0 amide bonds. The van der Waals surface area contributed by atoms with Crippen LogP contribution in [0.3, 0.4) is 0 Å². The zero-order valence-corrected chi connectivity index (χ0v) is 15.6. The van der Waals surface area contributed by atoms with Gasteiger partial charge in [0, 0.05) is 5.02 Å². The van der Waals surface area contributed by atoms with Crippen LogP contribution in [-0.2, 0) is 19.9 Å². The fourth-order valence-corrected chi connectivity index (χ4v) is 3.53. The Balaban J connectivity index is 1.81. The summed E-state index contributed by atoms with van der Waals surface area (Å²) in [6.45, 7) is 0.564. The van der Waals surface area contributed by atoms with Crippen molar-refractivity contribution in [3.8, 4) is 11.1 Å². The summed E-state index contributed by atoms with van der Waals surface area (Å²) in [7, 11) is 0. The van der Waals surface area contributed by atoms with Crippen LogP contribution in [0.15, 0.2) is 83.9 Å². The highest BCUT2D eigenvalue weighted by Gasteiger charge is 2.41.